The number of halogens is 1. The molecule has 0 fully saturated rings. The normalized spacial score (nSPS) is 10.2. The molecule has 1 heterocycles. The summed E-state index contributed by atoms with van der Waals surface area (Å²) in [6, 6.07) is 4.13. The first-order valence-electron chi connectivity index (χ1n) is 5.54. The number of anilines is 1. The van der Waals surface area contributed by atoms with Gasteiger partial charge in [-0.3, -0.25) is 14.6 Å². The maximum Gasteiger partial charge on any atom is 0.196 e. The molecule has 2 N–H and O–H groups in total. The highest BCUT2D eigenvalue weighted by Crippen LogP contribution is 2.24. The van der Waals surface area contributed by atoms with Gasteiger partial charge in [0.2, 0.25) is 0 Å². The Hall–Kier alpha value is -2.56. The van der Waals surface area contributed by atoms with Gasteiger partial charge in [-0.05, 0) is 25.1 Å². The maximum atomic E-state index is 14.1. The Kier molecular flexibility index (Phi) is 3.37. The van der Waals surface area contributed by atoms with Gasteiger partial charge >= 0.3 is 0 Å². The number of aromatic nitrogens is 1. The number of pyridine rings is 1. The summed E-state index contributed by atoms with van der Waals surface area (Å²) in [5, 5.41) is 0. The van der Waals surface area contributed by atoms with E-state index in [9.17, 15) is 14.0 Å². The van der Waals surface area contributed by atoms with Crippen LogP contribution in [0.2, 0.25) is 0 Å². The van der Waals surface area contributed by atoms with Gasteiger partial charge in [0.25, 0.3) is 0 Å². The topological polar surface area (TPSA) is 73.1 Å². The maximum absolute atomic E-state index is 14.1. The van der Waals surface area contributed by atoms with Crippen LogP contribution < -0.4 is 5.73 Å². The molecule has 1 aromatic carbocycles. The first kappa shape index (κ1) is 12.9. The molecule has 96 valence electrons. The van der Waals surface area contributed by atoms with E-state index in [4.69, 9.17) is 5.73 Å². The summed E-state index contributed by atoms with van der Waals surface area (Å²) < 4.78 is 14.1. The van der Waals surface area contributed by atoms with Gasteiger partial charge in [0.15, 0.2) is 12.1 Å². The van der Waals surface area contributed by atoms with Gasteiger partial charge in [0, 0.05) is 34.8 Å². The number of hydrogen-bond acceptors (Lipinski definition) is 4. The van der Waals surface area contributed by atoms with Gasteiger partial charge in [0.1, 0.15) is 5.82 Å². The second kappa shape index (κ2) is 4.97. The number of rotatable bonds is 3. The molecule has 0 aliphatic rings. The third-order valence-electron chi connectivity index (χ3n) is 2.89. The first-order valence-corrected chi connectivity index (χ1v) is 5.54. The van der Waals surface area contributed by atoms with Crippen molar-refractivity contribution >= 4 is 17.8 Å². The minimum atomic E-state index is -0.704. The summed E-state index contributed by atoms with van der Waals surface area (Å²) in [5.74, 6) is -1.21. The first-order chi connectivity index (χ1) is 9.06. The van der Waals surface area contributed by atoms with Crippen molar-refractivity contribution in [3.63, 3.8) is 0 Å². The van der Waals surface area contributed by atoms with Crippen LogP contribution in [0.4, 0.5) is 10.1 Å². The molecule has 2 aromatic rings. The van der Waals surface area contributed by atoms with Crippen LogP contribution in [-0.2, 0) is 0 Å². The fourth-order valence-corrected chi connectivity index (χ4v) is 1.75. The van der Waals surface area contributed by atoms with E-state index in [0.29, 0.717) is 11.8 Å². The van der Waals surface area contributed by atoms with Crippen LogP contribution in [0.15, 0.2) is 30.6 Å². The molecule has 1 aromatic heterocycles. The smallest absolute Gasteiger partial charge is 0.196 e. The van der Waals surface area contributed by atoms with Crippen molar-refractivity contribution in [3.8, 4) is 0 Å². The lowest BCUT2D eigenvalue weighted by Gasteiger charge is -2.09. The van der Waals surface area contributed by atoms with Gasteiger partial charge in [-0.2, -0.15) is 0 Å². The van der Waals surface area contributed by atoms with Crippen LogP contribution in [0.25, 0.3) is 0 Å². The van der Waals surface area contributed by atoms with Crippen molar-refractivity contribution in [2.24, 2.45) is 0 Å². The number of carbonyl (C=O) groups excluding carboxylic acids is 2. The standard InChI is InChI=1S/C14H11FN2O2/c1-8-12(15)11(6-10(7-18)13(8)16)14(19)9-2-4-17-5-3-9/h2-7H,16H2,1H3. The molecule has 5 heteroatoms. The van der Waals surface area contributed by atoms with Crippen LogP contribution >= 0.6 is 0 Å². The molecule has 0 radical (unpaired) electrons. The minimum absolute atomic E-state index is 0.0544. The van der Waals surface area contributed by atoms with Crippen molar-refractivity contribution in [3.05, 3.63) is 58.7 Å². The molecule has 0 saturated heterocycles. The van der Waals surface area contributed by atoms with Crippen LogP contribution in [0.3, 0.4) is 0 Å². The van der Waals surface area contributed by atoms with Gasteiger partial charge < -0.3 is 5.73 Å². The number of ketones is 1. The fourth-order valence-electron chi connectivity index (χ4n) is 1.75. The predicted octanol–water partition coefficient (Wildman–Crippen LogP) is 2.15. The summed E-state index contributed by atoms with van der Waals surface area (Å²) in [5.41, 5.74) is 6.00. The molecule has 0 aliphatic heterocycles. The van der Waals surface area contributed by atoms with Crippen molar-refractivity contribution < 1.29 is 14.0 Å². The number of hydrogen-bond donors (Lipinski definition) is 1. The third-order valence-corrected chi connectivity index (χ3v) is 2.89. The summed E-state index contributed by atoms with van der Waals surface area (Å²) in [7, 11) is 0. The van der Waals surface area contributed by atoms with Gasteiger partial charge in [-0.25, -0.2) is 4.39 Å². The lowest BCUT2D eigenvalue weighted by Crippen LogP contribution is -2.09. The van der Waals surface area contributed by atoms with E-state index >= 15 is 0 Å². The van der Waals surface area contributed by atoms with Crippen LogP contribution in [0, 0.1) is 12.7 Å². The zero-order valence-electron chi connectivity index (χ0n) is 10.2. The number of nitrogens with two attached hydrogens (primary N) is 1. The Balaban J connectivity index is 2.60. The van der Waals surface area contributed by atoms with E-state index in [0.717, 1.165) is 0 Å². The van der Waals surface area contributed by atoms with Crippen molar-refractivity contribution in [1.82, 2.24) is 4.98 Å². The van der Waals surface area contributed by atoms with Gasteiger partial charge in [-0.15, -0.1) is 0 Å². The molecule has 0 spiro atoms. The lowest BCUT2D eigenvalue weighted by molar-refractivity contribution is 0.103. The van der Waals surface area contributed by atoms with Gasteiger partial charge in [0.05, 0.1) is 5.56 Å². The van der Waals surface area contributed by atoms with E-state index in [1.165, 1.54) is 37.5 Å². The van der Waals surface area contributed by atoms with E-state index < -0.39 is 11.6 Å². The highest BCUT2D eigenvalue weighted by molar-refractivity contribution is 6.10. The Morgan fingerprint density at radius 2 is 2.00 bits per heavy atom. The molecule has 0 unspecified atom stereocenters. The average Bonchev–Trinajstić information content (AvgIpc) is 2.45. The number of aldehydes is 1. The Morgan fingerprint density at radius 1 is 1.37 bits per heavy atom. The van der Waals surface area contributed by atoms with E-state index in [-0.39, 0.29) is 22.4 Å². The molecule has 4 nitrogen and oxygen atoms in total. The van der Waals surface area contributed by atoms with Crippen LogP contribution in [0.5, 0.6) is 0 Å². The third kappa shape index (κ3) is 2.22. The second-order valence-corrected chi connectivity index (χ2v) is 4.05. The molecule has 0 aliphatic carbocycles. The summed E-state index contributed by atoms with van der Waals surface area (Å²) >= 11 is 0. The second-order valence-electron chi connectivity index (χ2n) is 4.05. The van der Waals surface area contributed by atoms with Crippen molar-refractivity contribution in [1.29, 1.82) is 0 Å². The van der Waals surface area contributed by atoms with Gasteiger partial charge in [-0.1, -0.05) is 0 Å². The largest absolute Gasteiger partial charge is 0.398 e. The van der Waals surface area contributed by atoms with E-state index in [1.54, 1.807) is 0 Å². The van der Waals surface area contributed by atoms with E-state index in [1.807, 2.05) is 0 Å². The summed E-state index contributed by atoms with van der Waals surface area (Å²) in [4.78, 5) is 26.8. The van der Waals surface area contributed by atoms with Crippen LogP contribution in [0.1, 0.15) is 31.8 Å². The molecule has 0 amide bonds. The number of nitrogens with zero attached hydrogens (tertiary/aromatic N) is 1. The predicted molar refractivity (Wildman–Crippen MR) is 68.6 cm³/mol. The SMILES string of the molecule is Cc1c(N)c(C=O)cc(C(=O)c2ccncc2)c1F. The average molecular weight is 258 g/mol. The van der Waals surface area contributed by atoms with Crippen LogP contribution in [-0.4, -0.2) is 17.1 Å². The zero-order valence-corrected chi connectivity index (χ0v) is 10.2. The Morgan fingerprint density at radius 3 is 2.58 bits per heavy atom. The monoisotopic (exact) mass is 258 g/mol. The number of benzene rings is 1. The highest BCUT2D eigenvalue weighted by Gasteiger charge is 2.19. The molecule has 19 heavy (non-hydrogen) atoms. The molecule has 2 rings (SSSR count). The van der Waals surface area contributed by atoms with Crippen molar-refractivity contribution in [2.45, 2.75) is 6.92 Å². The quantitative estimate of drug-likeness (QED) is 0.520. The highest BCUT2D eigenvalue weighted by atomic mass is 19.1. The number of carbonyl (C=O) groups is 2. The molecule has 0 saturated carbocycles. The Labute approximate surface area is 109 Å². The summed E-state index contributed by atoms with van der Waals surface area (Å²) in [6.45, 7) is 1.43. The zero-order chi connectivity index (χ0) is 14.0. The minimum Gasteiger partial charge on any atom is -0.398 e. The molecular weight excluding hydrogens is 247 g/mol. The van der Waals surface area contributed by atoms with E-state index in [2.05, 4.69) is 4.98 Å². The molecule has 0 bridgehead atoms. The summed E-state index contributed by atoms with van der Waals surface area (Å²) in [6.07, 6.45) is 3.39. The number of nitrogen functional groups attached to an aromatic ring is 1. The van der Waals surface area contributed by atoms with Crippen molar-refractivity contribution in [2.75, 3.05) is 5.73 Å². The molecule has 0 atom stereocenters. The Bertz CT molecular complexity index is 654. The lowest BCUT2D eigenvalue weighted by atomic mass is 9.97. The fraction of sp³-hybridized carbons (Fsp3) is 0.0714. The molecular formula is C14H11FN2O2.